The van der Waals surface area contributed by atoms with E-state index >= 15 is 0 Å². The molecule has 168 valence electrons. The van der Waals surface area contributed by atoms with Crippen molar-refractivity contribution in [1.82, 2.24) is 15.0 Å². The molecule has 1 aromatic heterocycles. The van der Waals surface area contributed by atoms with Crippen LogP contribution in [0, 0.1) is 11.6 Å². The third-order valence-electron chi connectivity index (χ3n) is 5.17. The molecule has 9 heteroatoms. The molecule has 7 nitrogen and oxygen atoms in total. The van der Waals surface area contributed by atoms with Crippen molar-refractivity contribution >= 4 is 5.91 Å². The van der Waals surface area contributed by atoms with E-state index < -0.39 is 11.6 Å². The topological polar surface area (TPSA) is 77.7 Å². The molecule has 0 spiro atoms. The normalized spacial score (nSPS) is 16.1. The lowest BCUT2D eigenvalue weighted by molar-refractivity contribution is -0.128. The van der Waals surface area contributed by atoms with E-state index in [-0.39, 0.29) is 36.5 Å². The number of ether oxygens (including phenoxy) is 2. The van der Waals surface area contributed by atoms with Gasteiger partial charge in [0.1, 0.15) is 11.6 Å². The van der Waals surface area contributed by atoms with Crippen LogP contribution in [0.1, 0.15) is 37.6 Å². The van der Waals surface area contributed by atoms with Gasteiger partial charge in [0, 0.05) is 36.7 Å². The average molecular weight is 443 g/mol. The van der Waals surface area contributed by atoms with Gasteiger partial charge in [-0.2, -0.15) is 4.98 Å². The number of carbonyl (C=O) groups excluding carboxylic acids is 1. The molecule has 2 heterocycles. The Labute approximate surface area is 183 Å². The molecule has 1 unspecified atom stereocenters. The zero-order valence-corrected chi connectivity index (χ0v) is 18.0. The number of nitrogens with zero attached hydrogens (tertiary/aromatic N) is 3. The minimum Gasteiger partial charge on any atom is -0.493 e. The van der Waals surface area contributed by atoms with Crippen molar-refractivity contribution in [1.29, 1.82) is 0 Å². The van der Waals surface area contributed by atoms with Gasteiger partial charge < -0.3 is 18.9 Å². The van der Waals surface area contributed by atoms with Gasteiger partial charge in [0.15, 0.2) is 11.5 Å². The van der Waals surface area contributed by atoms with Crippen molar-refractivity contribution < 1.29 is 27.6 Å². The number of rotatable bonds is 7. The largest absolute Gasteiger partial charge is 0.493 e. The number of carbonyl (C=O) groups is 1. The van der Waals surface area contributed by atoms with Gasteiger partial charge in [-0.05, 0) is 38.1 Å². The van der Waals surface area contributed by atoms with E-state index in [9.17, 15) is 13.6 Å². The molecule has 1 atom stereocenters. The van der Waals surface area contributed by atoms with E-state index in [0.717, 1.165) is 6.07 Å². The summed E-state index contributed by atoms with van der Waals surface area (Å²) in [5.41, 5.74) is 0.935. The van der Waals surface area contributed by atoms with Gasteiger partial charge in [0.05, 0.1) is 19.1 Å². The van der Waals surface area contributed by atoms with Crippen LogP contribution in [0.5, 0.6) is 11.5 Å². The smallest absolute Gasteiger partial charge is 0.232 e. The van der Waals surface area contributed by atoms with Crippen molar-refractivity contribution in [3.8, 4) is 22.9 Å². The van der Waals surface area contributed by atoms with Crippen molar-refractivity contribution in [3.05, 3.63) is 59.5 Å². The summed E-state index contributed by atoms with van der Waals surface area (Å²) in [6.07, 6.45) is 0.173. The third kappa shape index (κ3) is 4.56. The second-order valence-corrected chi connectivity index (χ2v) is 7.90. The first-order chi connectivity index (χ1) is 15.3. The fraction of sp³-hybridized carbons (Fsp3) is 0.348. The Balaban J connectivity index is 1.48. The summed E-state index contributed by atoms with van der Waals surface area (Å²) in [5, 5.41) is 4.04. The molecule has 1 amide bonds. The number of hydrogen-bond donors (Lipinski definition) is 0. The summed E-state index contributed by atoms with van der Waals surface area (Å²) in [4.78, 5) is 18.4. The monoisotopic (exact) mass is 443 g/mol. The Bertz CT molecular complexity index is 1130. The van der Waals surface area contributed by atoms with Crippen molar-refractivity contribution in [2.45, 2.75) is 38.8 Å². The van der Waals surface area contributed by atoms with E-state index in [1.54, 1.807) is 25.3 Å². The second kappa shape index (κ2) is 8.94. The van der Waals surface area contributed by atoms with E-state index in [1.165, 1.54) is 17.0 Å². The zero-order valence-electron chi connectivity index (χ0n) is 18.0. The number of amides is 1. The molecule has 1 aliphatic rings. The first kappa shape index (κ1) is 21.7. The number of aromatic nitrogens is 2. The quantitative estimate of drug-likeness (QED) is 0.541. The summed E-state index contributed by atoms with van der Waals surface area (Å²) in [6, 6.07) is 8.67. The lowest BCUT2D eigenvalue weighted by Gasteiger charge is -2.16. The minimum absolute atomic E-state index is 0.00207. The number of halogens is 2. The Morgan fingerprint density at radius 2 is 2.00 bits per heavy atom. The van der Waals surface area contributed by atoms with Crippen LogP contribution >= 0.6 is 0 Å². The van der Waals surface area contributed by atoms with Gasteiger partial charge in [0.2, 0.25) is 17.6 Å². The summed E-state index contributed by atoms with van der Waals surface area (Å²) in [5.74, 6) is 0.0526. The van der Waals surface area contributed by atoms with Crippen LogP contribution in [0.25, 0.3) is 11.4 Å². The number of hydrogen-bond acceptors (Lipinski definition) is 6. The van der Waals surface area contributed by atoms with Crippen molar-refractivity contribution in [3.63, 3.8) is 0 Å². The molecular formula is C23H23F2N3O4. The lowest BCUT2D eigenvalue weighted by Crippen LogP contribution is -2.25. The van der Waals surface area contributed by atoms with Crippen LogP contribution in [0.4, 0.5) is 8.78 Å². The second-order valence-electron chi connectivity index (χ2n) is 7.90. The van der Waals surface area contributed by atoms with Crippen LogP contribution in [0.15, 0.2) is 40.9 Å². The molecule has 0 aliphatic carbocycles. The lowest BCUT2D eigenvalue weighted by atomic mass is 10.1. The number of methoxy groups -OCH3 is 1. The summed E-state index contributed by atoms with van der Waals surface area (Å²) in [7, 11) is 1.55. The van der Waals surface area contributed by atoms with Crippen LogP contribution in [-0.4, -0.2) is 40.7 Å². The molecule has 0 saturated carbocycles. The van der Waals surface area contributed by atoms with Gasteiger partial charge in [0.25, 0.3) is 0 Å². The molecule has 0 bridgehead atoms. The predicted octanol–water partition coefficient (Wildman–Crippen LogP) is 4.33. The molecule has 0 radical (unpaired) electrons. The van der Waals surface area contributed by atoms with Gasteiger partial charge in [-0.3, -0.25) is 4.79 Å². The highest BCUT2D eigenvalue weighted by Crippen LogP contribution is 2.34. The van der Waals surface area contributed by atoms with E-state index in [0.29, 0.717) is 35.3 Å². The van der Waals surface area contributed by atoms with Gasteiger partial charge in [-0.1, -0.05) is 11.2 Å². The van der Waals surface area contributed by atoms with E-state index in [4.69, 9.17) is 14.0 Å². The molecule has 0 N–H and O–H groups in total. The Kier molecular flexibility index (Phi) is 6.07. The number of benzene rings is 2. The average Bonchev–Trinajstić information content (AvgIpc) is 3.37. The summed E-state index contributed by atoms with van der Waals surface area (Å²) < 4.78 is 43.6. The fourth-order valence-electron chi connectivity index (χ4n) is 3.62. The fourth-order valence-corrected chi connectivity index (χ4v) is 3.62. The Morgan fingerprint density at radius 3 is 2.72 bits per heavy atom. The molecule has 1 fully saturated rings. The molecule has 1 aliphatic heterocycles. The van der Waals surface area contributed by atoms with Crippen molar-refractivity contribution in [2.75, 3.05) is 13.7 Å². The van der Waals surface area contributed by atoms with Gasteiger partial charge in [-0.25, -0.2) is 8.78 Å². The molecular weight excluding hydrogens is 420 g/mol. The SMILES string of the molecule is COc1cc(-c2noc(C3CC(=O)N(Cc4ccc(F)cc4F)C3)n2)ccc1OC(C)C. The summed E-state index contributed by atoms with van der Waals surface area (Å²) in [6.45, 7) is 4.21. The molecule has 1 saturated heterocycles. The first-order valence-corrected chi connectivity index (χ1v) is 10.2. The highest BCUT2D eigenvalue weighted by molar-refractivity contribution is 5.79. The maximum Gasteiger partial charge on any atom is 0.232 e. The zero-order chi connectivity index (χ0) is 22.8. The molecule has 2 aromatic carbocycles. The van der Waals surface area contributed by atoms with Crippen LogP contribution in [0.3, 0.4) is 0 Å². The Morgan fingerprint density at radius 1 is 1.19 bits per heavy atom. The third-order valence-corrected chi connectivity index (χ3v) is 5.17. The van der Waals surface area contributed by atoms with Crippen LogP contribution in [0.2, 0.25) is 0 Å². The highest BCUT2D eigenvalue weighted by Gasteiger charge is 2.34. The minimum atomic E-state index is -0.680. The first-order valence-electron chi connectivity index (χ1n) is 10.2. The molecule has 4 rings (SSSR count). The Hall–Kier alpha value is -3.49. The van der Waals surface area contributed by atoms with E-state index in [1.807, 2.05) is 13.8 Å². The summed E-state index contributed by atoms with van der Waals surface area (Å²) >= 11 is 0. The maximum atomic E-state index is 14.0. The maximum absolute atomic E-state index is 14.0. The number of likely N-dealkylation sites (tertiary alicyclic amines) is 1. The molecule has 3 aromatic rings. The standard InChI is InChI=1S/C23H23F2N3O4/c1-13(2)31-19-7-5-14(8-20(19)30-3)22-26-23(32-27-22)16-9-21(29)28(12-16)11-15-4-6-17(24)10-18(15)25/h4-8,10,13,16H,9,11-12H2,1-3H3. The van der Waals surface area contributed by atoms with Crippen LogP contribution < -0.4 is 9.47 Å². The van der Waals surface area contributed by atoms with Crippen molar-refractivity contribution in [2.24, 2.45) is 0 Å². The highest BCUT2D eigenvalue weighted by atomic mass is 19.1. The van der Waals surface area contributed by atoms with Crippen LogP contribution in [-0.2, 0) is 11.3 Å². The predicted molar refractivity (Wildman–Crippen MR) is 111 cm³/mol. The van der Waals surface area contributed by atoms with E-state index in [2.05, 4.69) is 10.1 Å². The van der Waals surface area contributed by atoms with Gasteiger partial charge in [-0.15, -0.1) is 0 Å². The van der Waals surface area contributed by atoms with Gasteiger partial charge >= 0.3 is 0 Å². The molecule has 32 heavy (non-hydrogen) atoms.